The van der Waals surface area contributed by atoms with E-state index in [0.717, 1.165) is 6.92 Å². The van der Waals surface area contributed by atoms with Gasteiger partial charge >= 0.3 is 11.9 Å². The Morgan fingerprint density at radius 3 is 2.20 bits per heavy atom. The molecule has 0 aromatic heterocycles. The van der Waals surface area contributed by atoms with Crippen molar-refractivity contribution in [2.75, 3.05) is 0 Å². The van der Waals surface area contributed by atoms with Gasteiger partial charge in [-0.15, -0.1) is 0 Å². The van der Waals surface area contributed by atoms with Gasteiger partial charge in [-0.2, -0.15) is 0 Å². The third-order valence-corrected chi connectivity index (χ3v) is 0.682. The molecule has 0 saturated carbocycles. The summed E-state index contributed by atoms with van der Waals surface area (Å²) in [6, 6.07) is 0. The SMILES string of the molecule is CC(=O)OC(=O)C(C)=NO. The van der Waals surface area contributed by atoms with Gasteiger partial charge in [-0.3, -0.25) is 4.79 Å². The van der Waals surface area contributed by atoms with E-state index in [1.807, 2.05) is 0 Å². The number of esters is 2. The maximum atomic E-state index is 10.5. The van der Waals surface area contributed by atoms with Gasteiger partial charge in [-0.1, -0.05) is 5.16 Å². The second kappa shape index (κ2) is 3.60. The maximum Gasteiger partial charge on any atom is 0.363 e. The number of rotatable bonds is 1. The highest BCUT2D eigenvalue weighted by Gasteiger charge is 2.09. The van der Waals surface area contributed by atoms with Gasteiger partial charge in [0.05, 0.1) is 0 Å². The van der Waals surface area contributed by atoms with Crippen molar-refractivity contribution in [2.24, 2.45) is 5.16 Å². The van der Waals surface area contributed by atoms with Crippen LogP contribution in [-0.2, 0) is 14.3 Å². The highest BCUT2D eigenvalue weighted by atomic mass is 16.6. The van der Waals surface area contributed by atoms with Crippen LogP contribution in [0.2, 0.25) is 0 Å². The fraction of sp³-hybridized carbons (Fsp3) is 0.400. The molecule has 1 N–H and O–H groups in total. The molecule has 0 fully saturated rings. The van der Waals surface area contributed by atoms with E-state index in [4.69, 9.17) is 5.21 Å². The normalized spacial score (nSPS) is 10.8. The molecule has 0 rings (SSSR count). The Kier molecular flexibility index (Phi) is 3.10. The van der Waals surface area contributed by atoms with Crippen molar-refractivity contribution < 1.29 is 19.5 Å². The Labute approximate surface area is 57.3 Å². The molecule has 0 spiro atoms. The molecule has 0 unspecified atom stereocenters. The predicted octanol–water partition coefficient (Wildman–Crippen LogP) is -0.0738. The second-order valence-corrected chi connectivity index (χ2v) is 1.57. The first-order valence-corrected chi connectivity index (χ1v) is 2.49. The maximum absolute atomic E-state index is 10.5. The average molecular weight is 145 g/mol. The lowest BCUT2D eigenvalue weighted by molar-refractivity contribution is -0.153. The number of ether oxygens (including phenoxy) is 1. The summed E-state index contributed by atoms with van der Waals surface area (Å²) in [4.78, 5) is 20.5. The monoisotopic (exact) mass is 145 g/mol. The van der Waals surface area contributed by atoms with E-state index in [2.05, 4.69) is 9.89 Å². The Bertz CT molecular complexity index is 184. The number of nitrogens with zero attached hydrogens (tertiary/aromatic N) is 1. The Morgan fingerprint density at radius 2 is 1.90 bits per heavy atom. The first-order valence-electron chi connectivity index (χ1n) is 2.49. The highest BCUT2D eigenvalue weighted by molar-refractivity contribution is 6.36. The minimum atomic E-state index is -0.935. The van der Waals surface area contributed by atoms with Crippen molar-refractivity contribution in [3.63, 3.8) is 0 Å². The van der Waals surface area contributed by atoms with Crippen molar-refractivity contribution in [2.45, 2.75) is 13.8 Å². The van der Waals surface area contributed by atoms with Crippen LogP contribution >= 0.6 is 0 Å². The number of carbonyl (C=O) groups excluding carboxylic acids is 2. The van der Waals surface area contributed by atoms with Gasteiger partial charge in [-0.05, 0) is 6.92 Å². The van der Waals surface area contributed by atoms with E-state index in [-0.39, 0.29) is 5.71 Å². The summed E-state index contributed by atoms with van der Waals surface area (Å²) in [5, 5.41) is 10.5. The van der Waals surface area contributed by atoms with Crippen molar-refractivity contribution >= 4 is 17.7 Å². The molecule has 0 aromatic rings. The van der Waals surface area contributed by atoms with E-state index in [9.17, 15) is 9.59 Å². The van der Waals surface area contributed by atoms with Crippen molar-refractivity contribution in [1.29, 1.82) is 0 Å². The molecular formula is C5H7NO4. The van der Waals surface area contributed by atoms with Gasteiger partial charge in [0.1, 0.15) is 0 Å². The van der Waals surface area contributed by atoms with Crippen LogP contribution in [0.1, 0.15) is 13.8 Å². The Balaban J connectivity index is 3.99. The molecule has 56 valence electrons. The smallest absolute Gasteiger partial charge is 0.363 e. The largest absolute Gasteiger partial charge is 0.410 e. The molecule has 0 aliphatic rings. The number of hydrogen-bond acceptors (Lipinski definition) is 5. The van der Waals surface area contributed by atoms with E-state index in [1.54, 1.807) is 0 Å². The summed E-state index contributed by atoms with van der Waals surface area (Å²) in [5.74, 6) is -1.66. The lowest BCUT2D eigenvalue weighted by atomic mass is 10.4. The zero-order valence-corrected chi connectivity index (χ0v) is 5.62. The fourth-order valence-corrected chi connectivity index (χ4v) is 0.245. The van der Waals surface area contributed by atoms with Gasteiger partial charge < -0.3 is 9.94 Å². The number of oxime groups is 1. The third kappa shape index (κ3) is 2.81. The lowest BCUT2D eigenvalue weighted by Gasteiger charge is -1.94. The lowest BCUT2D eigenvalue weighted by Crippen LogP contribution is -2.16. The minimum absolute atomic E-state index is 0.254. The van der Waals surface area contributed by atoms with Crippen LogP contribution in [0.15, 0.2) is 5.16 Å². The van der Waals surface area contributed by atoms with Crippen molar-refractivity contribution in [1.82, 2.24) is 0 Å². The van der Waals surface area contributed by atoms with Crippen LogP contribution in [0.25, 0.3) is 0 Å². The summed E-state index contributed by atoms with van der Waals surface area (Å²) in [5.41, 5.74) is -0.254. The van der Waals surface area contributed by atoms with Gasteiger partial charge in [0, 0.05) is 6.92 Å². The molecule has 0 amide bonds. The molecule has 0 bridgehead atoms. The zero-order valence-electron chi connectivity index (χ0n) is 5.62. The first kappa shape index (κ1) is 8.61. The summed E-state index contributed by atoms with van der Waals surface area (Å²) < 4.78 is 4.03. The summed E-state index contributed by atoms with van der Waals surface area (Å²) >= 11 is 0. The van der Waals surface area contributed by atoms with E-state index in [0.29, 0.717) is 0 Å². The van der Waals surface area contributed by atoms with Gasteiger partial charge in [-0.25, -0.2) is 4.79 Å². The van der Waals surface area contributed by atoms with Gasteiger partial charge in [0.2, 0.25) is 0 Å². The summed E-state index contributed by atoms with van der Waals surface area (Å²) in [6.45, 7) is 2.31. The Morgan fingerprint density at radius 1 is 1.40 bits per heavy atom. The van der Waals surface area contributed by atoms with E-state index >= 15 is 0 Å². The van der Waals surface area contributed by atoms with E-state index in [1.165, 1.54) is 6.92 Å². The molecule has 0 saturated heterocycles. The quantitative estimate of drug-likeness (QED) is 0.184. The van der Waals surface area contributed by atoms with Gasteiger partial charge in [0.15, 0.2) is 5.71 Å². The standard InChI is InChI=1S/C5H7NO4/c1-3(6-9)5(8)10-4(2)7/h9H,1-2H3. The van der Waals surface area contributed by atoms with Crippen molar-refractivity contribution in [3.8, 4) is 0 Å². The van der Waals surface area contributed by atoms with Crippen LogP contribution in [-0.4, -0.2) is 22.9 Å². The molecule has 10 heavy (non-hydrogen) atoms. The van der Waals surface area contributed by atoms with Gasteiger partial charge in [0.25, 0.3) is 0 Å². The molecule has 0 aromatic carbocycles. The van der Waals surface area contributed by atoms with E-state index < -0.39 is 11.9 Å². The van der Waals surface area contributed by atoms with Crippen LogP contribution in [0.3, 0.4) is 0 Å². The second-order valence-electron chi connectivity index (χ2n) is 1.57. The van der Waals surface area contributed by atoms with Crippen LogP contribution in [0, 0.1) is 0 Å². The fourth-order valence-electron chi connectivity index (χ4n) is 0.245. The minimum Gasteiger partial charge on any atom is -0.410 e. The van der Waals surface area contributed by atoms with Crippen LogP contribution in [0.5, 0.6) is 0 Å². The zero-order chi connectivity index (χ0) is 8.15. The van der Waals surface area contributed by atoms with Crippen LogP contribution in [0.4, 0.5) is 0 Å². The highest BCUT2D eigenvalue weighted by Crippen LogP contribution is 1.83. The molecular weight excluding hydrogens is 138 g/mol. The molecule has 5 heteroatoms. The summed E-state index contributed by atoms with van der Waals surface area (Å²) in [6.07, 6.45) is 0. The first-order chi connectivity index (χ1) is 4.57. The topological polar surface area (TPSA) is 76.0 Å². The predicted molar refractivity (Wildman–Crippen MR) is 31.7 cm³/mol. The van der Waals surface area contributed by atoms with Crippen LogP contribution < -0.4 is 0 Å². The summed E-state index contributed by atoms with van der Waals surface area (Å²) in [7, 11) is 0. The Hall–Kier alpha value is -1.39. The molecule has 0 radical (unpaired) electrons. The average Bonchev–Trinajstić information content (AvgIpc) is 1.85. The number of hydrogen-bond donors (Lipinski definition) is 1. The molecule has 0 aliphatic heterocycles. The molecule has 0 aliphatic carbocycles. The number of carbonyl (C=O) groups is 2. The molecule has 0 atom stereocenters. The molecule has 0 heterocycles. The van der Waals surface area contributed by atoms with Crippen molar-refractivity contribution in [3.05, 3.63) is 0 Å². The molecule has 5 nitrogen and oxygen atoms in total. The third-order valence-electron chi connectivity index (χ3n) is 0.682.